The Hall–Kier alpha value is -1.38. The van der Waals surface area contributed by atoms with Crippen molar-refractivity contribution in [1.82, 2.24) is 4.90 Å². The molecule has 1 atom stereocenters. The van der Waals surface area contributed by atoms with Gasteiger partial charge in [0.15, 0.2) is 15.1 Å². The summed E-state index contributed by atoms with van der Waals surface area (Å²) in [6, 6.07) is 10.00. The number of hydrogen-bond acceptors (Lipinski definition) is 4. The first-order chi connectivity index (χ1) is 7.98. The lowest BCUT2D eigenvalue weighted by Crippen LogP contribution is -2.25. The van der Waals surface area contributed by atoms with Crippen LogP contribution in [0.2, 0.25) is 0 Å². The van der Waals surface area contributed by atoms with Crippen LogP contribution < -0.4 is 0 Å². The Kier molecular flexibility index (Phi) is 4.67. The fourth-order valence-corrected chi connectivity index (χ4v) is 2.86. The summed E-state index contributed by atoms with van der Waals surface area (Å²) in [6.45, 7) is 0.574. The molecule has 1 aromatic carbocycles. The van der Waals surface area contributed by atoms with Gasteiger partial charge in [0.05, 0.1) is 11.0 Å². The predicted octanol–water partition coefficient (Wildman–Crippen LogP) is 1.30. The zero-order valence-corrected chi connectivity index (χ0v) is 10.8. The lowest BCUT2D eigenvalue weighted by atomic mass is 10.3. The lowest BCUT2D eigenvalue weighted by Gasteiger charge is -2.14. The molecule has 1 aromatic rings. The number of nitriles is 1. The Morgan fingerprint density at radius 2 is 1.88 bits per heavy atom. The molecule has 0 aliphatic rings. The molecule has 0 amide bonds. The van der Waals surface area contributed by atoms with Gasteiger partial charge in [-0.25, -0.2) is 8.42 Å². The highest BCUT2D eigenvalue weighted by Crippen LogP contribution is 2.17. The molecular formula is C12H16N2O2S. The van der Waals surface area contributed by atoms with E-state index in [-0.39, 0.29) is 4.90 Å². The molecule has 0 radical (unpaired) electrons. The second-order valence-corrected chi connectivity index (χ2v) is 6.20. The van der Waals surface area contributed by atoms with Gasteiger partial charge in [-0.05, 0) is 39.2 Å². The van der Waals surface area contributed by atoms with E-state index < -0.39 is 15.1 Å². The van der Waals surface area contributed by atoms with Crippen LogP contribution >= 0.6 is 0 Å². The van der Waals surface area contributed by atoms with Crippen LogP contribution in [-0.4, -0.2) is 39.2 Å². The van der Waals surface area contributed by atoms with Crippen molar-refractivity contribution in [3.8, 4) is 6.07 Å². The maximum Gasteiger partial charge on any atom is 0.194 e. The summed E-state index contributed by atoms with van der Waals surface area (Å²) in [6.07, 6.45) is 0.320. The van der Waals surface area contributed by atoms with Gasteiger partial charge < -0.3 is 4.90 Å². The van der Waals surface area contributed by atoms with Crippen molar-refractivity contribution in [2.24, 2.45) is 0 Å². The molecule has 17 heavy (non-hydrogen) atoms. The van der Waals surface area contributed by atoms with Crippen LogP contribution in [0.3, 0.4) is 0 Å². The molecule has 4 nitrogen and oxygen atoms in total. The second-order valence-electron chi connectivity index (χ2n) is 4.07. The van der Waals surface area contributed by atoms with Gasteiger partial charge in [0.1, 0.15) is 0 Å². The molecule has 5 heteroatoms. The summed E-state index contributed by atoms with van der Waals surface area (Å²) in [5, 5.41) is 8.01. The van der Waals surface area contributed by atoms with E-state index in [1.807, 2.05) is 25.1 Å². The summed E-state index contributed by atoms with van der Waals surface area (Å²) in [5.41, 5.74) is 0. The second kappa shape index (κ2) is 5.80. The van der Waals surface area contributed by atoms with E-state index in [2.05, 4.69) is 0 Å². The largest absolute Gasteiger partial charge is 0.309 e. The van der Waals surface area contributed by atoms with Gasteiger partial charge in [-0.1, -0.05) is 18.2 Å². The number of nitrogens with zero attached hydrogens (tertiary/aromatic N) is 2. The maximum absolute atomic E-state index is 12.1. The zero-order valence-electron chi connectivity index (χ0n) is 10.00. The molecule has 0 heterocycles. The van der Waals surface area contributed by atoms with Crippen LogP contribution in [0.15, 0.2) is 35.2 Å². The molecule has 0 fully saturated rings. The molecule has 0 saturated carbocycles. The Labute approximate surface area is 102 Å². The summed E-state index contributed by atoms with van der Waals surface area (Å²) in [7, 11) is 0.167. The van der Waals surface area contributed by atoms with Gasteiger partial charge in [-0.3, -0.25) is 0 Å². The van der Waals surface area contributed by atoms with Crippen molar-refractivity contribution in [3.05, 3.63) is 30.3 Å². The van der Waals surface area contributed by atoms with Gasteiger partial charge in [-0.15, -0.1) is 0 Å². The summed E-state index contributed by atoms with van der Waals surface area (Å²) < 4.78 is 24.3. The zero-order chi connectivity index (χ0) is 12.9. The van der Waals surface area contributed by atoms with Crippen molar-refractivity contribution < 1.29 is 8.42 Å². The van der Waals surface area contributed by atoms with Crippen LogP contribution in [0, 0.1) is 11.3 Å². The van der Waals surface area contributed by atoms with Gasteiger partial charge >= 0.3 is 0 Å². The van der Waals surface area contributed by atoms with Crippen LogP contribution in [-0.2, 0) is 9.84 Å². The predicted molar refractivity (Wildman–Crippen MR) is 66.2 cm³/mol. The van der Waals surface area contributed by atoms with Crippen molar-refractivity contribution in [3.63, 3.8) is 0 Å². The number of hydrogen-bond donors (Lipinski definition) is 0. The number of benzene rings is 1. The van der Waals surface area contributed by atoms with Crippen LogP contribution in [0.1, 0.15) is 6.42 Å². The Morgan fingerprint density at radius 1 is 1.29 bits per heavy atom. The molecule has 0 bridgehead atoms. The Bertz CT molecular complexity index is 489. The normalized spacial score (nSPS) is 13.3. The van der Waals surface area contributed by atoms with Gasteiger partial charge in [0, 0.05) is 0 Å². The van der Waals surface area contributed by atoms with E-state index >= 15 is 0 Å². The lowest BCUT2D eigenvalue weighted by molar-refractivity contribution is 0.401. The van der Waals surface area contributed by atoms with E-state index in [4.69, 9.17) is 5.26 Å². The molecule has 0 aliphatic carbocycles. The minimum absolute atomic E-state index is 0.213. The van der Waals surface area contributed by atoms with Crippen LogP contribution in [0.25, 0.3) is 0 Å². The Balaban J connectivity index is 2.93. The first-order valence-corrected chi connectivity index (χ1v) is 6.86. The summed E-state index contributed by atoms with van der Waals surface area (Å²) in [4.78, 5) is 2.08. The molecule has 0 saturated heterocycles. The molecular weight excluding hydrogens is 236 g/mol. The fraction of sp³-hybridized carbons (Fsp3) is 0.417. The molecule has 1 unspecified atom stereocenters. The average molecular weight is 252 g/mol. The maximum atomic E-state index is 12.1. The minimum atomic E-state index is -3.53. The van der Waals surface area contributed by atoms with Crippen molar-refractivity contribution in [2.75, 3.05) is 20.6 Å². The van der Waals surface area contributed by atoms with Gasteiger partial charge in [0.2, 0.25) is 0 Å². The van der Waals surface area contributed by atoms with E-state index in [0.29, 0.717) is 13.0 Å². The highest BCUT2D eigenvalue weighted by atomic mass is 32.2. The molecule has 0 N–H and O–H groups in total. The van der Waals surface area contributed by atoms with Crippen LogP contribution in [0.4, 0.5) is 0 Å². The van der Waals surface area contributed by atoms with Gasteiger partial charge in [0.25, 0.3) is 0 Å². The standard InChI is InChI=1S/C12H16N2O2S/c1-14(2)9-8-12(10-13)17(15,16)11-6-4-3-5-7-11/h3-7,12H,8-9H2,1-2H3. The third-order valence-corrected chi connectivity index (χ3v) is 4.45. The number of sulfone groups is 1. The third kappa shape index (κ3) is 3.55. The highest BCUT2D eigenvalue weighted by molar-refractivity contribution is 7.92. The molecule has 92 valence electrons. The first kappa shape index (κ1) is 13.7. The summed E-state index contributed by atoms with van der Waals surface area (Å²) in [5.74, 6) is 0. The van der Waals surface area contributed by atoms with E-state index in [1.165, 1.54) is 12.1 Å². The Morgan fingerprint density at radius 3 is 2.35 bits per heavy atom. The third-order valence-electron chi connectivity index (χ3n) is 2.43. The summed E-state index contributed by atoms with van der Waals surface area (Å²) >= 11 is 0. The molecule has 0 spiro atoms. The SMILES string of the molecule is CN(C)CCC(C#N)S(=O)(=O)c1ccccc1. The molecule has 1 rings (SSSR count). The first-order valence-electron chi connectivity index (χ1n) is 5.32. The highest BCUT2D eigenvalue weighted by Gasteiger charge is 2.26. The van der Waals surface area contributed by atoms with Crippen molar-refractivity contribution in [2.45, 2.75) is 16.6 Å². The van der Waals surface area contributed by atoms with Crippen molar-refractivity contribution >= 4 is 9.84 Å². The van der Waals surface area contributed by atoms with Gasteiger partial charge in [-0.2, -0.15) is 5.26 Å². The van der Waals surface area contributed by atoms with E-state index in [0.717, 1.165) is 0 Å². The van der Waals surface area contributed by atoms with E-state index in [1.54, 1.807) is 18.2 Å². The van der Waals surface area contributed by atoms with Crippen molar-refractivity contribution in [1.29, 1.82) is 5.26 Å². The smallest absolute Gasteiger partial charge is 0.194 e. The topological polar surface area (TPSA) is 61.2 Å². The number of rotatable bonds is 5. The molecule has 0 aromatic heterocycles. The molecule has 0 aliphatic heterocycles. The monoisotopic (exact) mass is 252 g/mol. The fourth-order valence-electron chi connectivity index (χ4n) is 1.44. The average Bonchev–Trinajstić information content (AvgIpc) is 2.30. The van der Waals surface area contributed by atoms with E-state index in [9.17, 15) is 8.42 Å². The van der Waals surface area contributed by atoms with Crippen LogP contribution in [0.5, 0.6) is 0 Å². The minimum Gasteiger partial charge on any atom is -0.309 e. The quantitative estimate of drug-likeness (QED) is 0.792.